The molecule has 12 heavy (non-hydrogen) atoms. The van der Waals surface area contributed by atoms with E-state index in [4.69, 9.17) is 5.26 Å². The number of hydrogen-bond acceptors (Lipinski definition) is 3. The summed E-state index contributed by atoms with van der Waals surface area (Å²) in [5.41, 5.74) is 0. The normalized spacial score (nSPS) is 12.4. The quantitative estimate of drug-likeness (QED) is 0.891. The molecule has 0 aliphatic rings. The Balaban J connectivity index is 2.54. The maximum atomic E-state index is 9.50. The third-order valence-electron chi connectivity index (χ3n) is 1.45. The molecule has 0 radical (unpaired) electrons. The van der Waals surface area contributed by atoms with Gasteiger partial charge in [-0.3, -0.25) is 0 Å². The van der Waals surface area contributed by atoms with Gasteiger partial charge in [-0.2, -0.15) is 5.26 Å². The van der Waals surface area contributed by atoms with Crippen LogP contribution in [0.5, 0.6) is 0 Å². The maximum Gasteiger partial charge on any atom is 0.0892 e. The molecule has 1 atom stereocenters. The van der Waals surface area contributed by atoms with Gasteiger partial charge >= 0.3 is 0 Å². The SMILES string of the molecule is N#CCCC(O)c1ccc(Br)s1. The molecule has 0 aliphatic heterocycles. The highest BCUT2D eigenvalue weighted by Crippen LogP contribution is 2.29. The van der Waals surface area contributed by atoms with E-state index in [1.807, 2.05) is 18.2 Å². The Kier molecular flexibility index (Phi) is 3.73. The Morgan fingerprint density at radius 3 is 2.92 bits per heavy atom. The van der Waals surface area contributed by atoms with Crippen molar-refractivity contribution in [1.29, 1.82) is 5.26 Å². The molecule has 0 bridgehead atoms. The zero-order valence-electron chi connectivity index (χ0n) is 6.33. The van der Waals surface area contributed by atoms with Crippen molar-refractivity contribution >= 4 is 27.3 Å². The van der Waals surface area contributed by atoms with Crippen LogP contribution >= 0.6 is 27.3 Å². The molecule has 64 valence electrons. The summed E-state index contributed by atoms with van der Waals surface area (Å²) in [6.45, 7) is 0. The molecule has 1 unspecified atom stereocenters. The Morgan fingerprint density at radius 2 is 2.42 bits per heavy atom. The third kappa shape index (κ3) is 2.59. The first-order chi connectivity index (χ1) is 5.74. The molecule has 1 rings (SSSR count). The molecule has 0 aliphatic carbocycles. The lowest BCUT2D eigenvalue weighted by Gasteiger charge is -2.03. The van der Waals surface area contributed by atoms with E-state index in [-0.39, 0.29) is 0 Å². The number of aliphatic hydroxyl groups is 1. The topological polar surface area (TPSA) is 44.0 Å². The largest absolute Gasteiger partial charge is 0.388 e. The molecule has 0 fully saturated rings. The van der Waals surface area contributed by atoms with Crippen LogP contribution in [0.2, 0.25) is 0 Å². The predicted octanol–water partition coefficient (Wildman–Crippen LogP) is 2.85. The zero-order valence-corrected chi connectivity index (χ0v) is 8.73. The van der Waals surface area contributed by atoms with Crippen LogP contribution in [0.25, 0.3) is 0 Å². The van der Waals surface area contributed by atoms with Gasteiger partial charge in [0.15, 0.2) is 0 Å². The van der Waals surface area contributed by atoms with Crippen LogP contribution in [0.4, 0.5) is 0 Å². The average Bonchev–Trinajstić information content (AvgIpc) is 2.47. The van der Waals surface area contributed by atoms with Gasteiger partial charge in [0.1, 0.15) is 0 Å². The van der Waals surface area contributed by atoms with Crippen molar-refractivity contribution in [3.05, 3.63) is 20.8 Å². The van der Waals surface area contributed by atoms with Gasteiger partial charge in [0.2, 0.25) is 0 Å². The molecule has 1 heterocycles. The zero-order chi connectivity index (χ0) is 8.97. The highest BCUT2D eigenvalue weighted by atomic mass is 79.9. The summed E-state index contributed by atoms with van der Waals surface area (Å²) in [4.78, 5) is 0.914. The van der Waals surface area contributed by atoms with E-state index in [0.29, 0.717) is 12.8 Å². The van der Waals surface area contributed by atoms with Gasteiger partial charge in [-0.05, 0) is 34.5 Å². The van der Waals surface area contributed by atoms with E-state index < -0.39 is 6.10 Å². The van der Waals surface area contributed by atoms with Crippen LogP contribution in [0.3, 0.4) is 0 Å². The number of hydrogen-bond donors (Lipinski definition) is 1. The second-order valence-electron chi connectivity index (χ2n) is 2.35. The third-order valence-corrected chi connectivity index (χ3v) is 3.18. The number of aliphatic hydroxyl groups excluding tert-OH is 1. The molecule has 0 amide bonds. The van der Waals surface area contributed by atoms with Crippen molar-refractivity contribution in [2.45, 2.75) is 18.9 Å². The number of rotatable bonds is 3. The highest BCUT2D eigenvalue weighted by Gasteiger charge is 2.08. The molecular formula is C8H8BrNOS. The summed E-state index contributed by atoms with van der Waals surface area (Å²) in [5.74, 6) is 0. The van der Waals surface area contributed by atoms with Gasteiger partial charge in [-0.25, -0.2) is 0 Å². The average molecular weight is 246 g/mol. The standard InChI is InChI=1S/C8H8BrNOS/c9-8-4-3-7(12-8)6(11)2-1-5-10/h3-4,6,11H,1-2H2. The van der Waals surface area contributed by atoms with Crippen molar-refractivity contribution in [2.24, 2.45) is 0 Å². The monoisotopic (exact) mass is 245 g/mol. The first-order valence-electron chi connectivity index (χ1n) is 3.54. The van der Waals surface area contributed by atoms with E-state index in [1.54, 1.807) is 0 Å². The summed E-state index contributed by atoms with van der Waals surface area (Å²) in [5, 5.41) is 17.8. The van der Waals surface area contributed by atoms with Gasteiger partial charge in [-0.15, -0.1) is 11.3 Å². The van der Waals surface area contributed by atoms with Crippen LogP contribution in [-0.2, 0) is 0 Å². The summed E-state index contributed by atoms with van der Waals surface area (Å²) in [7, 11) is 0. The second kappa shape index (κ2) is 4.61. The van der Waals surface area contributed by atoms with Gasteiger partial charge in [0, 0.05) is 11.3 Å². The lowest BCUT2D eigenvalue weighted by Crippen LogP contribution is -1.92. The summed E-state index contributed by atoms with van der Waals surface area (Å²) >= 11 is 4.81. The number of thiophene rings is 1. The molecular weight excluding hydrogens is 238 g/mol. The molecule has 1 N–H and O–H groups in total. The Morgan fingerprint density at radius 1 is 1.67 bits per heavy atom. The number of nitrogens with zero attached hydrogens (tertiary/aromatic N) is 1. The minimum Gasteiger partial charge on any atom is -0.388 e. The van der Waals surface area contributed by atoms with E-state index in [2.05, 4.69) is 15.9 Å². The number of nitriles is 1. The fourth-order valence-corrected chi connectivity index (χ4v) is 2.30. The van der Waals surface area contributed by atoms with E-state index in [9.17, 15) is 5.11 Å². The van der Waals surface area contributed by atoms with Gasteiger partial charge in [0.05, 0.1) is 16.0 Å². The fraction of sp³-hybridized carbons (Fsp3) is 0.375. The number of halogens is 1. The van der Waals surface area contributed by atoms with Crippen molar-refractivity contribution in [3.8, 4) is 6.07 Å². The van der Waals surface area contributed by atoms with Gasteiger partial charge in [-0.1, -0.05) is 0 Å². The Bertz CT molecular complexity index is 291. The Labute approximate surface area is 83.6 Å². The maximum absolute atomic E-state index is 9.50. The molecule has 1 aromatic heterocycles. The van der Waals surface area contributed by atoms with Crippen molar-refractivity contribution in [3.63, 3.8) is 0 Å². The molecule has 4 heteroatoms. The minimum atomic E-state index is -0.485. The first kappa shape index (κ1) is 9.72. The molecule has 1 aromatic rings. The van der Waals surface area contributed by atoms with E-state index >= 15 is 0 Å². The molecule has 0 aromatic carbocycles. The summed E-state index contributed by atoms with van der Waals surface area (Å²) in [6.07, 6.45) is 0.432. The lowest BCUT2D eigenvalue weighted by atomic mass is 10.2. The van der Waals surface area contributed by atoms with Crippen LogP contribution in [0, 0.1) is 11.3 Å². The van der Waals surface area contributed by atoms with Crippen molar-refractivity contribution in [2.75, 3.05) is 0 Å². The summed E-state index contributed by atoms with van der Waals surface area (Å²) < 4.78 is 1.01. The summed E-state index contributed by atoms with van der Waals surface area (Å²) in [6, 6.07) is 5.78. The van der Waals surface area contributed by atoms with Crippen LogP contribution < -0.4 is 0 Å². The molecule has 0 saturated heterocycles. The van der Waals surface area contributed by atoms with Crippen LogP contribution in [0.15, 0.2) is 15.9 Å². The lowest BCUT2D eigenvalue weighted by molar-refractivity contribution is 0.173. The Hall–Kier alpha value is -0.370. The van der Waals surface area contributed by atoms with Gasteiger partial charge in [0.25, 0.3) is 0 Å². The highest BCUT2D eigenvalue weighted by molar-refractivity contribution is 9.11. The van der Waals surface area contributed by atoms with Crippen molar-refractivity contribution < 1.29 is 5.11 Å². The molecule has 0 spiro atoms. The van der Waals surface area contributed by atoms with Gasteiger partial charge < -0.3 is 5.11 Å². The van der Waals surface area contributed by atoms with E-state index in [0.717, 1.165) is 8.66 Å². The van der Waals surface area contributed by atoms with E-state index in [1.165, 1.54) is 11.3 Å². The second-order valence-corrected chi connectivity index (χ2v) is 4.85. The smallest absolute Gasteiger partial charge is 0.0892 e. The van der Waals surface area contributed by atoms with Crippen molar-refractivity contribution in [1.82, 2.24) is 0 Å². The van der Waals surface area contributed by atoms with Crippen LogP contribution in [0.1, 0.15) is 23.8 Å². The first-order valence-corrected chi connectivity index (χ1v) is 5.15. The molecule has 0 saturated carbocycles. The fourth-order valence-electron chi connectivity index (χ4n) is 0.851. The molecule has 2 nitrogen and oxygen atoms in total. The predicted molar refractivity (Wildman–Crippen MR) is 51.8 cm³/mol. The minimum absolute atomic E-state index is 0.399. The van der Waals surface area contributed by atoms with Crippen LogP contribution in [-0.4, -0.2) is 5.11 Å².